The number of hydrogen-bond acceptors (Lipinski definition) is 3. The maximum Gasteiger partial charge on any atom is 0.303 e. The lowest BCUT2D eigenvalue weighted by atomic mass is 9.68. The molecule has 4 heteroatoms. The quantitative estimate of drug-likeness (QED) is 0.869. The summed E-state index contributed by atoms with van der Waals surface area (Å²) < 4.78 is 10.5. The molecule has 0 bridgehead atoms. The topological polar surface area (TPSA) is 55.8 Å². The Labute approximate surface area is 107 Å². The van der Waals surface area contributed by atoms with Gasteiger partial charge in [-0.3, -0.25) is 4.79 Å². The summed E-state index contributed by atoms with van der Waals surface area (Å²) in [5.74, 6) is 0.0967. The second-order valence-electron chi connectivity index (χ2n) is 4.88. The molecule has 0 aliphatic carbocycles. The Morgan fingerprint density at radius 3 is 2.44 bits per heavy atom. The molecular weight excluding hydrogens is 232 g/mol. The van der Waals surface area contributed by atoms with E-state index in [-0.39, 0.29) is 17.8 Å². The SMILES string of the molecule is COc1ccc(C2(C(C)CC(=O)O)COC2)cc1. The molecule has 1 saturated heterocycles. The molecule has 1 atom stereocenters. The van der Waals surface area contributed by atoms with Crippen LogP contribution in [0.25, 0.3) is 0 Å². The van der Waals surface area contributed by atoms with Crippen LogP contribution in [0.3, 0.4) is 0 Å². The van der Waals surface area contributed by atoms with Crippen LogP contribution in [0.2, 0.25) is 0 Å². The average Bonchev–Trinajstić information content (AvgIpc) is 2.27. The molecule has 18 heavy (non-hydrogen) atoms. The minimum atomic E-state index is -0.762. The van der Waals surface area contributed by atoms with Gasteiger partial charge in [-0.2, -0.15) is 0 Å². The van der Waals surface area contributed by atoms with Gasteiger partial charge in [0, 0.05) is 11.8 Å². The molecule has 0 radical (unpaired) electrons. The first kappa shape index (κ1) is 12.9. The van der Waals surface area contributed by atoms with E-state index in [1.807, 2.05) is 31.2 Å². The van der Waals surface area contributed by atoms with Crippen molar-refractivity contribution in [1.82, 2.24) is 0 Å². The number of carbonyl (C=O) groups is 1. The molecule has 0 amide bonds. The highest BCUT2D eigenvalue weighted by Gasteiger charge is 2.45. The standard InChI is InChI=1S/C14H18O4/c1-10(7-13(15)16)14(8-18-9-14)11-3-5-12(17-2)6-4-11/h3-6,10H,7-9H2,1-2H3,(H,15,16). The predicted octanol–water partition coefficient (Wildman–Crippen LogP) is 2.07. The van der Waals surface area contributed by atoms with Gasteiger partial charge in [0.2, 0.25) is 0 Å². The molecule has 1 aromatic rings. The summed E-state index contributed by atoms with van der Waals surface area (Å²) in [5.41, 5.74) is 0.966. The van der Waals surface area contributed by atoms with Crippen LogP contribution in [0.4, 0.5) is 0 Å². The number of hydrogen-bond donors (Lipinski definition) is 1. The van der Waals surface area contributed by atoms with Crippen molar-refractivity contribution >= 4 is 5.97 Å². The molecule has 0 saturated carbocycles. The lowest BCUT2D eigenvalue weighted by molar-refractivity contribution is -0.142. The lowest BCUT2D eigenvalue weighted by Crippen LogP contribution is -2.52. The number of rotatable bonds is 5. The molecule has 1 aliphatic heterocycles. The minimum absolute atomic E-state index is 0.0529. The maximum absolute atomic E-state index is 10.9. The molecule has 1 heterocycles. The zero-order chi connectivity index (χ0) is 13.2. The first-order chi connectivity index (χ1) is 8.58. The number of carboxylic acids is 1. The molecule has 0 spiro atoms. The van der Waals surface area contributed by atoms with Crippen molar-refractivity contribution in [3.05, 3.63) is 29.8 Å². The monoisotopic (exact) mass is 250 g/mol. The van der Waals surface area contributed by atoms with Gasteiger partial charge < -0.3 is 14.6 Å². The van der Waals surface area contributed by atoms with E-state index in [4.69, 9.17) is 14.6 Å². The van der Waals surface area contributed by atoms with Crippen molar-refractivity contribution in [1.29, 1.82) is 0 Å². The largest absolute Gasteiger partial charge is 0.497 e. The molecule has 1 aliphatic rings. The van der Waals surface area contributed by atoms with E-state index < -0.39 is 5.97 Å². The zero-order valence-corrected chi connectivity index (χ0v) is 10.7. The molecule has 4 nitrogen and oxygen atoms in total. The molecule has 2 rings (SSSR count). The van der Waals surface area contributed by atoms with Gasteiger partial charge in [0.1, 0.15) is 5.75 Å². The molecule has 1 fully saturated rings. The molecular formula is C14H18O4. The van der Waals surface area contributed by atoms with E-state index in [1.165, 1.54) is 0 Å². The fraction of sp³-hybridized carbons (Fsp3) is 0.500. The van der Waals surface area contributed by atoms with Crippen LogP contribution >= 0.6 is 0 Å². The molecule has 1 aromatic carbocycles. The van der Waals surface area contributed by atoms with Gasteiger partial charge in [0.05, 0.1) is 20.3 Å². The van der Waals surface area contributed by atoms with Crippen LogP contribution in [0.15, 0.2) is 24.3 Å². The second kappa shape index (κ2) is 4.98. The summed E-state index contributed by atoms with van der Waals surface area (Å²) in [5, 5.41) is 8.94. The number of ether oxygens (including phenoxy) is 2. The third kappa shape index (κ3) is 2.20. The molecule has 98 valence electrons. The second-order valence-corrected chi connectivity index (χ2v) is 4.88. The van der Waals surface area contributed by atoms with Gasteiger partial charge in [-0.25, -0.2) is 0 Å². The Hall–Kier alpha value is -1.55. The third-order valence-electron chi connectivity index (χ3n) is 3.81. The Balaban J connectivity index is 2.22. The lowest BCUT2D eigenvalue weighted by Gasteiger charge is -2.46. The summed E-state index contributed by atoms with van der Waals surface area (Å²) in [4.78, 5) is 10.9. The van der Waals surface area contributed by atoms with Crippen LogP contribution in [0, 0.1) is 5.92 Å². The van der Waals surface area contributed by atoms with Crippen molar-refractivity contribution in [3.8, 4) is 5.75 Å². The van der Waals surface area contributed by atoms with Gasteiger partial charge in [0.25, 0.3) is 0 Å². The van der Waals surface area contributed by atoms with E-state index in [0.29, 0.717) is 13.2 Å². The Morgan fingerprint density at radius 2 is 2.06 bits per heavy atom. The van der Waals surface area contributed by atoms with Crippen LogP contribution < -0.4 is 4.74 Å². The normalized spacial score (nSPS) is 18.8. The van der Waals surface area contributed by atoms with Gasteiger partial charge in [-0.15, -0.1) is 0 Å². The van der Waals surface area contributed by atoms with E-state index in [9.17, 15) is 4.79 Å². The first-order valence-corrected chi connectivity index (χ1v) is 6.02. The first-order valence-electron chi connectivity index (χ1n) is 6.02. The van der Waals surface area contributed by atoms with Gasteiger partial charge in [-0.05, 0) is 23.6 Å². The Kier molecular flexibility index (Phi) is 3.57. The van der Waals surface area contributed by atoms with E-state index in [2.05, 4.69) is 0 Å². The summed E-state index contributed by atoms with van der Waals surface area (Å²) in [6.07, 6.45) is 0.162. The highest BCUT2D eigenvalue weighted by molar-refractivity contribution is 5.67. The van der Waals surface area contributed by atoms with E-state index in [0.717, 1.165) is 11.3 Å². The zero-order valence-electron chi connectivity index (χ0n) is 10.7. The highest BCUT2D eigenvalue weighted by atomic mass is 16.5. The maximum atomic E-state index is 10.9. The predicted molar refractivity (Wildman–Crippen MR) is 66.9 cm³/mol. The van der Waals surface area contributed by atoms with Crippen molar-refractivity contribution < 1.29 is 19.4 Å². The van der Waals surface area contributed by atoms with Crippen LogP contribution in [-0.4, -0.2) is 31.4 Å². The van der Waals surface area contributed by atoms with Crippen LogP contribution in [0.1, 0.15) is 18.9 Å². The third-order valence-corrected chi connectivity index (χ3v) is 3.81. The average molecular weight is 250 g/mol. The highest BCUT2D eigenvalue weighted by Crippen LogP contribution is 2.41. The Morgan fingerprint density at radius 1 is 1.44 bits per heavy atom. The fourth-order valence-electron chi connectivity index (χ4n) is 2.44. The van der Waals surface area contributed by atoms with Crippen LogP contribution in [-0.2, 0) is 14.9 Å². The number of methoxy groups -OCH3 is 1. The summed E-state index contributed by atoms with van der Waals surface area (Å²) >= 11 is 0. The summed E-state index contributed by atoms with van der Waals surface area (Å²) in [6.45, 7) is 3.16. The fourth-order valence-corrected chi connectivity index (χ4v) is 2.44. The smallest absolute Gasteiger partial charge is 0.303 e. The van der Waals surface area contributed by atoms with Gasteiger partial charge in [0.15, 0.2) is 0 Å². The summed E-state index contributed by atoms with van der Waals surface area (Å²) in [7, 11) is 1.63. The van der Waals surface area contributed by atoms with Crippen molar-refractivity contribution in [2.45, 2.75) is 18.8 Å². The van der Waals surface area contributed by atoms with Crippen molar-refractivity contribution in [3.63, 3.8) is 0 Å². The number of carboxylic acid groups (broad SMARTS) is 1. The Bertz CT molecular complexity index is 420. The minimum Gasteiger partial charge on any atom is -0.497 e. The molecule has 0 aromatic heterocycles. The van der Waals surface area contributed by atoms with Crippen LogP contribution in [0.5, 0.6) is 5.75 Å². The number of benzene rings is 1. The summed E-state index contributed by atoms with van der Waals surface area (Å²) in [6, 6.07) is 7.81. The number of aliphatic carboxylic acids is 1. The van der Waals surface area contributed by atoms with Crippen molar-refractivity contribution in [2.75, 3.05) is 20.3 Å². The molecule has 1 unspecified atom stereocenters. The van der Waals surface area contributed by atoms with Gasteiger partial charge >= 0.3 is 5.97 Å². The van der Waals surface area contributed by atoms with E-state index >= 15 is 0 Å². The van der Waals surface area contributed by atoms with Crippen molar-refractivity contribution in [2.24, 2.45) is 5.92 Å². The van der Waals surface area contributed by atoms with E-state index in [1.54, 1.807) is 7.11 Å². The van der Waals surface area contributed by atoms with Gasteiger partial charge in [-0.1, -0.05) is 19.1 Å². The molecule has 1 N–H and O–H groups in total.